The maximum Gasteiger partial charge on any atom is 4.00 e. The molecule has 155 valence electrons. The van der Waals surface area contributed by atoms with Gasteiger partial charge in [-0.1, -0.05) is 70.9 Å². The molecule has 0 heterocycles. The van der Waals surface area contributed by atoms with Crippen LogP contribution in [0.2, 0.25) is 13.1 Å². The standard InChI is InChI=1S/C13H25NO.C6H7.C2H7Si.2ClH.Zr/c14-13(15)12-10-8-6-4-2-1-3-5-7-9-11-12;1-6-4-2-3-5-6;1-3-2;;;/h12H,1-11H2,(H2,14,15);4-5H,2H2,1H3;3H,1-2H3;2*1H;/q;-1;;;;+4/p-3. The van der Waals surface area contributed by atoms with E-state index in [0.29, 0.717) is 0 Å². The van der Waals surface area contributed by atoms with E-state index in [1.54, 1.807) is 0 Å². The zero-order valence-electron chi connectivity index (χ0n) is 17.5. The molecule has 1 radical (unpaired) electrons. The van der Waals surface area contributed by atoms with Crippen LogP contribution in [0.1, 0.15) is 84.0 Å². The van der Waals surface area contributed by atoms with Crippen LogP contribution >= 0.6 is 0 Å². The summed E-state index contributed by atoms with van der Waals surface area (Å²) in [5, 5.41) is 0. The first-order valence-electron chi connectivity index (χ1n) is 9.84. The number of nitrogens with one attached hydrogen (secondary N) is 1. The molecule has 0 aromatic heterocycles. The van der Waals surface area contributed by atoms with Gasteiger partial charge in [-0.3, -0.25) is 6.08 Å². The van der Waals surface area contributed by atoms with Crippen molar-refractivity contribution in [2.75, 3.05) is 0 Å². The largest absolute Gasteiger partial charge is 4.00 e. The molecular weight excluding hydrogens is 472 g/mol. The third-order valence-corrected chi connectivity index (χ3v) is 4.35. The van der Waals surface area contributed by atoms with Crippen molar-refractivity contribution in [1.82, 2.24) is 0 Å². The zero-order valence-corrected chi connectivity index (χ0v) is 22.6. The van der Waals surface area contributed by atoms with Gasteiger partial charge in [-0.25, -0.2) is 11.6 Å². The Hall–Kier alpha value is 0.630. The number of halogens is 2. The van der Waals surface area contributed by atoms with E-state index in [0.717, 1.165) is 41.6 Å². The van der Waals surface area contributed by atoms with E-state index in [2.05, 4.69) is 32.2 Å². The van der Waals surface area contributed by atoms with Gasteiger partial charge in [-0.2, -0.15) is 6.08 Å². The smallest absolute Gasteiger partial charge is 1.00 e. The van der Waals surface area contributed by atoms with Gasteiger partial charge in [0.25, 0.3) is 0 Å². The quantitative estimate of drug-likeness (QED) is 0.378. The number of carbonyl (C=O) groups excluding carboxylic acids is 1. The summed E-state index contributed by atoms with van der Waals surface area (Å²) in [5.74, 6) is -0.281. The fourth-order valence-electron chi connectivity index (χ4n) is 2.92. The van der Waals surface area contributed by atoms with Gasteiger partial charge in [-0.15, -0.1) is 13.3 Å². The fourth-order valence-corrected chi connectivity index (χ4v) is 2.92. The summed E-state index contributed by atoms with van der Waals surface area (Å²) >= 11 is 0. The maximum atomic E-state index is 11.1. The van der Waals surface area contributed by atoms with Gasteiger partial charge in [0.2, 0.25) is 0 Å². The molecule has 1 N–H and O–H groups in total. The van der Waals surface area contributed by atoms with Gasteiger partial charge in [0.05, 0.1) is 5.91 Å². The molecule has 6 heteroatoms. The third kappa shape index (κ3) is 24.6. The molecule has 0 aromatic rings. The number of amides is 1. The number of hydrogen-bond donors (Lipinski definition) is 0. The monoisotopic (exact) mass is 508 g/mol. The Kier molecular flexibility index (Phi) is 34.6. The Morgan fingerprint density at radius 1 is 0.963 bits per heavy atom. The molecule has 2 rings (SSSR count). The average Bonchev–Trinajstić information content (AvgIpc) is 3.00. The second-order valence-corrected chi connectivity index (χ2v) is 8.05. The van der Waals surface area contributed by atoms with E-state index in [4.69, 9.17) is 5.73 Å². The van der Waals surface area contributed by atoms with Crippen LogP contribution < -0.4 is 24.8 Å². The van der Waals surface area contributed by atoms with Crippen LogP contribution in [0.3, 0.4) is 0 Å². The zero-order chi connectivity index (χ0) is 18.0. The van der Waals surface area contributed by atoms with Crippen LogP contribution in [0, 0.1) is 12.0 Å². The molecule has 2 aliphatic carbocycles. The first kappa shape index (κ1) is 35.1. The van der Waals surface area contributed by atoms with Crippen molar-refractivity contribution >= 4 is 15.4 Å². The molecule has 0 bridgehead atoms. The van der Waals surface area contributed by atoms with Gasteiger partial charge in [0.1, 0.15) is 0 Å². The second-order valence-electron chi connectivity index (χ2n) is 6.90. The minimum absolute atomic E-state index is 0. The molecule has 2 aliphatic rings. The Labute approximate surface area is 202 Å². The molecule has 0 saturated heterocycles. The second kappa shape index (κ2) is 26.6. The molecule has 0 spiro atoms. The molecule has 0 aliphatic heterocycles. The molecule has 1 amide bonds. The summed E-state index contributed by atoms with van der Waals surface area (Å²) in [6.45, 7) is 6.50. The van der Waals surface area contributed by atoms with Crippen LogP contribution in [0.4, 0.5) is 0 Å². The Morgan fingerprint density at radius 2 is 1.33 bits per heavy atom. The van der Waals surface area contributed by atoms with Gasteiger partial charge < -0.3 is 35.3 Å². The Morgan fingerprint density at radius 3 is 1.56 bits per heavy atom. The molecule has 1 fully saturated rings. The normalized spacial score (nSPS) is 17.4. The van der Waals surface area contributed by atoms with Gasteiger partial charge in [0.15, 0.2) is 0 Å². The summed E-state index contributed by atoms with van der Waals surface area (Å²) in [6, 6.07) is 0. The van der Waals surface area contributed by atoms with Crippen molar-refractivity contribution in [3.05, 3.63) is 29.5 Å². The first-order chi connectivity index (χ1) is 11.6. The van der Waals surface area contributed by atoms with Gasteiger partial charge in [0, 0.05) is 15.4 Å². The minimum Gasteiger partial charge on any atom is -1.00 e. The Balaban J connectivity index is -0.000000186. The molecule has 0 unspecified atom stereocenters. The molecule has 0 aromatic carbocycles. The van der Waals surface area contributed by atoms with Gasteiger partial charge >= 0.3 is 26.2 Å². The van der Waals surface area contributed by atoms with Crippen molar-refractivity contribution < 1.29 is 55.8 Å². The summed E-state index contributed by atoms with van der Waals surface area (Å²) < 4.78 is 0. The van der Waals surface area contributed by atoms with E-state index in [-0.39, 0.29) is 62.8 Å². The van der Waals surface area contributed by atoms with Crippen LogP contribution in [0.15, 0.2) is 17.7 Å². The van der Waals surface area contributed by atoms with Crippen LogP contribution in [0.25, 0.3) is 5.73 Å². The van der Waals surface area contributed by atoms with Crippen molar-refractivity contribution in [2.24, 2.45) is 5.92 Å². The molecular formula is C21H38Cl2NOSiZr. The first-order valence-corrected chi connectivity index (χ1v) is 12.2. The van der Waals surface area contributed by atoms with Crippen molar-refractivity contribution in [3.63, 3.8) is 0 Å². The van der Waals surface area contributed by atoms with Crippen LogP contribution in [-0.4, -0.2) is 15.4 Å². The maximum absolute atomic E-state index is 11.1. The molecule has 27 heavy (non-hydrogen) atoms. The van der Waals surface area contributed by atoms with E-state index >= 15 is 0 Å². The number of carbonyl (C=O) groups is 1. The predicted octanol–water partition coefficient (Wildman–Crippen LogP) is 0.706. The predicted molar refractivity (Wildman–Crippen MR) is 109 cm³/mol. The van der Waals surface area contributed by atoms with Gasteiger partial charge in [-0.05, 0) is 12.8 Å². The van der Waals surface area contributed by atoms with Crippen molar-refractivity contribution in [3.8, 4) is 0 Å². The topological polar surface area (TPSA) is 40.9 Å². The van der Waals surface area contributed by atoms with E-state index in [1.807, 2.05) is 6.08 Å². The minimum atomic E-state index is -0.327. The van der Waals surface area contributed by atoms with Crippen molar-refractivity contribution in [2.45, 2.75) is 97.1 Å². The van der Waals surface area contributed by atoms with E-state index in [1.165, 1.54) is 50.5 Å². The number of allylic oxidation sites excluding steroid dienone is 4. The van der Waals surface area contributed by atoms with E-state index < -0.39 is 0 Å². The van der Waals surface area contributed by atoms with E-state index in [9.17, 15) is 4.79 Å². The summed E-state index contributed by atoms with van der Waals surface area (Å²) in [7, 11) is 0.750. The molecule has 0 atom stereocenters. The number of hydrogen-bond acceptors (Lipinski definition) is 1. The van der Waals surface area contributed by atoms with Crippen molar-refractivity contribution in [1.29, 1.82) is 0 Å². The fraction of sp³-hybridized carbons (Fsp3) is 0.762. The average molecular weight is 511 g/mol. The molecule has 2 nitrogen and oxygen atoms in total. The van der Waals surface area contributed by atoms with Crippen LogP contribution in [-0.2, 0) is 31.0 Å². The Bertz CT molecular complexity index is 364. The van der Waals surface area contributed by atoms with Crippen LogP contribution in [0.5, 0.6) is 0 Å². The third-order valence-electron chi connectivity index (χ3n) is 4.35. The summed E-state index contributed by atoms with van der Waals surface area (Å²) in [4.78, 5) is 11.1. The summed E-state index contributed by atoms with van der Waals surface area (Å²) in [5.41, 5.74) is 8.57. The number of rotatable bonds is 1. The SMILES string of the molecule is CC1=CC[C-]=C1.C[SiH]C.[Cl-].[Cl-].[NH-]C(=O)C1CCCCCCCCCCC1.[Zr+4]. The summed E-state index contributed by atoms with van der Waals surface area (Å²) in [6.07, 6.45) is 21.7. The molecule has 1 saturated carbocycles.